The van der Waals surface area contributed by atoms with Gasteiger partial charge in [0.15, 0.2) is 6.61 Å². The average molecular weight is 464 g/mol. The fourth-order valence-corrected chi connectivity index (χ4v) is 4.25. The summed E-state index contributed by atoms with van der Waals surface area (Å²) in [4.78, 5) is 53.6. The van der Waals surface area contributed by atoms with Crippen molar-refractivity contribution in [2.45, 2.75) is 32.9 Å². The first-order valence-corrected chi connectivity index (χ1v) is 11.5. The van der Waals surface area contributed by atoms with Gasteiger partial charge >= 0.3 is 5.97 Å². The molecule has 34 heavy (non-hydrogen) atoms. The molecule has 8 heteroatoms. The lowest BCUT2D eigenvalue weighted by molar-refractivity contribution is -0.139. The molecule has 0 radical (unpaired) electrons. The summed E-state index contributed by atoms with van der Waals surface area (Å²) in [5.41, 5.74) is 3.57. The number of hydrogen-bond acceptors (Lipinski definition) is 6. The quantitative estimate of drug-likeness (QED) is 0.462. The van der Waals surface area contributed by atoms with Crippen LogP contribution in [0.4, 0.5) is 0 Å². The molecular formula is C26H29N3O5. The molecule has 2 aromatic carbocycles. The van der Waals surface area contributed by atoms with Gasteiger partial charge in [-0.1, -0.05) is 42.0 Å². The molecule has 2 saturated heterocycles. The highest BCUT2D eigenvalue weighted by Gasteiger charge is 2.28. The summed E-state index contributed by atoms with van der Waals surface area (Å²) in [6.07, 6.45) is 0.498. The Morgan fingerprint density at radius 3 is 2.18 bits per heavy atom. The highest BCUT2D eigenvalue weighted by Crippen LogP contribution is 2.17. The van der Waals surface area contributed by atoms with Crippen molar-refractivity contribution >= 4 is 23.7 Å². The molecule has 4 rings (SSSR count). The maximum atomic E-state index is 12.5. The Labute approximate surface area is 199 Å². The third kappa shape index (κ3) is 5.88. The standard InChI is InChI=1S/C26H29N3O5/c1-19-3-2-4-21(15-19)16-27-11-13-28(14-12-27)25(32)18-34-26(33)22-7-5-20(6-8-22)17-29-23(30)9-10-24(29)31/h2-8,15H,9-14,16-18H2,1H3. The summed E-state index contributed by atoms with van der Waals surface area (Å²) in [7, 11) is 0. The topological polar surface area (TPSA) is 87.2 Å². The lowest BCUT2D eigenvalue weighted by Crippen LogP contribution is -2.49. The van der Waals surface area contributed by atoms with Crippen molar-refractivity contribution in [3.05, 3.63) is 70.8 Å². The molecule has 2 aliphatic heterocycles. The van der Waals surface area contributed by atoms with Crippen LogP contribution in [-0.2, 0) is 32.2 Å². The van der Waals surface area contributed by atoms with E-state index in [2.05, 4.69) is 36.1 Å². The van der Waals surface area contributed by atoms with E-state index in [1.54, 1.807) is 29.2 Å². The predicted molar refractivity (Wildman–Crippen MR) is 125 cm³/mol. The van der Waals surface area contributed by atoms with Crippen LogP contribution in [0.1, 0.15) is 39.9 Å². The molecule has 2 heterocycles. The lowest BCUT2D eigenvalue weighted by atomic mass is 10.1. The zero-order chi connectivity index (χ0) is 24.1. The van der Waals surface area contributed by atoms with Gasteiger partial charge in [-0.2, -0.15) is 0 Å². The van der Waals surface area contributed by atoms with Crippen molar-refractivity contribution < 1.29 is 23.9 Å². The van der Waals surface area contributed by atoms with E-state index in [1.165, 1.54) is 16.0 Å². The number of carbonyl (C=O) groups is 4. The Balaban J connectivity index is 1.20. The maximum absolute atomic E-state index is 12.5. The summed E-state index contributed by atoms with van der Waals surface area (Å²) < 4.78 is 5.22. The summed E-state index contributed by atoms with van der Waals surface area (Å²) >= 11 is 0. The van der Waals surface area contributed by atoms with E-state index in [9.17, 15) is 19.2 Å². The summed E-state index contributed by atoms with van der Waals surface area (Å²) in [5, 5.41) is 0. The van der Waals surface area contributed by atoms with Gasteiger partial charge in [-0.05, 0) is 30.2 Å². The van der Waals surface area contributed by atoms with Crippen molar-refractivity contribution in [1.29, 1.82) is 0 Å². The van der Waals surface area contributed by atoms with Gasteiger partial charge in [0.1, 0.15) is 0 Å². The Bertz CT molecular complexity index is 1060. The number of benzene rings is 2. The number of likely N-dealkylation sites (tertiary alicyclic amines) is 1. The van der Waals surface area contributed by atoms with E-state index in [1.807, 2.05) is 0 Å². The Morgan fingerprint density at radius 1 is 0.853 bits per heavy atom. The van der Waals surface area contributed by atoms with Gasteiger partial charge in [0.2, 0.25) is 11.8 Å². The van der Waals surface area contributed by atoms with Crippen molar-refractivity contribution in [2.75, 3.05) is 32.8 Å². The van der Waals surface area contributed by atoms with Gasteiger partial charge in [0.25, 0.3) is 5.91 Å². The molecule has 0 N–H and O–H groups in total. The molecule has 3 amide bonds. The van der Waals surface area contributed by atoms with Crippen LogP contribution in [0.2, 0.25) is 0 Å². The normalized spacial score (nSPS) is 16.7. The molecule has 0 spiro atoms. The first-order valence-electron chi connectivity index (χ1n) is 11.5. The first-order chi connectivity index (χ1) is 16.4. The number of imide groups is 1. The zero-order valence-electron chi connectivity index (χ0n) is 19.4. The van der Waals surface area contributed by atoms with Crippen LogP contribution in [0.3, 0.4) is 0 Å². The number of rotatable bonds is 7. The molecule has 0 bridgehead atoms. The second kappa shape index (κ2) is 10.6. The minimum absolute atomic E-state index is 0.178. The van der Waals surface area contributed by atoms with Crippen LogP contribution >= 0.6 is 0 Å². The molecule has 2 aromatic rings. The number of piperazine rings is 1. The van der Waals surface area contributed by atoms with Gasteiger partial charge < -0.3 is 9.64 Å². The average Bonchev–Trinajstić information content (AvgIpc) is 3.15. The van der Waals surface area contributed by atoms with Gasteiger partial charge in [-0.3, -0.25) is 24.2 Å². The number of hydrogen-bond donors (Lipinski definition) is 0. The van der Waals surface area contributed by atoms with Gasteiger partial charge in [0.05, 0.1) is 12.1 Å². The molecule has 0 aromatic heterocycles. The molecule has 2 fully saturated rings. The second-order valence-corrected chi connectivity index (χ2v) is 8.79. The Hall–Kier alpha value is -3.52. The Kier molecular flexibility index (Phi) is 7.37. The smallest absolute Gasteiger partial charge is 0.338 e. The van der Waals surface area contributed by atoms with Crippen LogP contribution in [0.15, 0.2) is 48.5 Å². The number of esters is 1. The van der Waals surface area contributed by atoms with E-state index < -0.39 is 5.97 Å². The second-order valence-electron chi connectivity index (χ2n) is 8.79. The minimum Gasteiger partial charge on any atom is -0.452 e. The van der Waals surface area contributed by atoms with Crippen LogP contribution in [-0.4, -0.2) is 71.2 Å². The van der Waals surface area contributed by atoms with Gasteiger partial charge in [-0.25, -0.2) is 4.79 Å². The van der Waals surface area contributed by atoms with Crippen LogP contribution in [0, 0.1) is 6.92 Å². The predicted octanol–water partition coefficient (Wildman–Crippen LogP) is 2.15. The SMILES string of the molecule is Cc1cccc(CN2CCN(C(=O)COC(=O)c3ccc(CN4C(=O)CCC4=O)cc3)CC2)c1. The monoisotopic (exact) mass is 463 g/mol. The van der Waals surface area contributed by atoms with E-state index in [0.717, 1.165) is 25.2 Å². The molecule has 0 unspecified atom stereocenters. The van der Waals surface area contributed by atoms with Crippen LogP contribution < -0.4 is 0 Å². The molecule has 0 aliphatic carbocycles. The fraction of sp³-hybridized carbons (Fsp3) is 0.385. The largest absolute Gasteiger partial charge is 0.452 e. The first kappa shape index (κ1) is 23.6. The molecule has 2 aliphatic rings. The third-order valence-corrected chi connectivity index (χ3v) is 6.23. The number of aryl methyl sites for hydroxylation is 1. The van der Waals surface area contributed by atoms with Crippen LogP contribution in [0.25, 0.3) is 0 Å². The fourth-order valence-electron chi connectivity index (χ4n) is 4.25. The lowest BCUT2D eigenvalue weighted by Gasteiger charge is -2.34. The summed E-state index contributed by atoms with van der Waals surface area (Å²) in [6.45, 7) is 5.59. The van der Waals surface area contributed by atoms with E-state index >= 15 is 0 Å². The van der Waals surface area contributed by atoms with E-state index in [-0.39, 0.29) is 43.7 Å². The number of carbonyl (C=O) groups excluding carboxylic acids is 4. The van der Waals surface area contributed by atoms with Crippen molar-refractivity contribution in [3.8, 4) is 0 Å². The molecule has 0 atom stereocenters. The highest BCUT2D eigenvalue weighted by atomic mass is 16.5. The highest BCUT2D eigenvalue weighted by molar-refractivity contribution is 6.01. The van der Waals surface area contributed by atoms with Gasteiger partial charge in [-0.15, -0.1) is 0 Å². The maximum Gasteiger partial charge on any atom is 0.338 e. The van der Waals surface area contributed by atoms with E-state index in [4.69, 9.17) is 4.74 Å². The molecule has 178 valence electrons. The van der Waals surface area contributed by atoms with Crippen LogP contribution in [0.5, 0.6) is 0 Å². The molecular weight excluding hydrogens is 434 g/mol. The van der Waals surface area contributed by atoms with Gasteiger partial charge in [0, 0.05) is 45.6 Å². The zero-order valence-corrected chi connectivity index (χ0v) is 19.4. The Morgan fingerprint density at radius 2 is 1.53 bits per heavy atom. The van der Waals surface area contributed by atoms with E-state index in [0.29, 0.717) is 18.7 Å². The summed E-state index contributed by atoms with van der Waals surface area (Å²) in [6, 6.07) is 15.0. The number of nitrogens with zero attached hydrogens (tertiary/aromatic N) is 3. The number of amides is 3. The minimum atomic E-state index is -0.577. The molecule has 0 saturated carbocycles. The van der Waals surface area contributed by atoms with Crippen molar-refractivity contribution in [1.82, 2.24) is 14.7 Å². The summed E-state index contributed by atoms with van der Waals surface area (Å²) in [5.74, 6) is -1.14. The number of ether oxygens (including phenoxy) is 1. The van der Waals surface area contributed by atoms with Crippen molar-refractivity contribution in [2.24, 2.45) is 0 Å². The third-order valence-electron chi connectivity index (χ3n) is 6.23. The van der Waals surface area contributed by atoms with Crippen molar-refractivity contribution in [3.63, 3.8) is 0 Å². The molecule has 8 nitrogen and oxygen atoms in total.